The number of carbonyl (C=O) groups is 5. The molecule has 14 heteroatoms. The number of carboxylic acid groups (broad SMARTS) is 1. The molecular weight excluding hydrogens is 1240 g/mol. The Balaban J connectivity index is 0.000000169. The highest BCUT2D eigenvalue weighted by Gasteiger charge is 2.36. The molecule has 10 nitrogen and oxygen atoms in total. The van der Waals surface area contributed by atoms with Gasteiger partial charge in [-0.1, -0.05) is 256 Å². The summed E-state index contributed by atoms with van der Waals surface area (Å²) in [5.41, 5.74) is 6.45. The Morgan fingerprint density at radius 1 is 0.366 bits per heavy atom. The summed E-state index contributed by atoms with van der Waals surface area (Å²) in [7, 11) is 0. The molecule has 12 rings (SSSR count). The standard InChI is InChI=1S/C20H18O3S.C20H18O2S.C18H14O2S.C13H10O.C7H8O2S.CH4/c1-2-23-19(21)17-13-14-18(24-17)20(22,15-9-5-3-6-10-15)16-11-7-4-8-12-16;1-2-22-20(21)18-14-13-17(23-18)19(15-9-5-3-6-10-15)16-11-7-4-8-12-16;19-18(20)16-12-11-15(21-16)17(13-7-3-1-4-8-13)14-9-5-2-6-10-14;14-13(11-7-3-1-4-8-11)12-9-5-2-6-10-12;1-2-9-7(8)6-4-3-5-10-6;/h3-14,22H,2H2,1H3;3-14,19H,2H2,1H3;1-12,17H,(H,19,20);1-10H;3-5H,2H2,1H3;1H4. The summed E-state index contributed by atoms with van der Waals surface area (Å²) in [5.74, 6) is -1.42. The second-order valence-electron chi connectivity index (χ2n) is 20.0. The maximum Gasteiger partial charge on any atom is 0.348 e. The van der Waals surface area contributed by atoms with Gasteiger partial charge in [-0.25, -0.2) is 19.2 Å². The minimum absolute atomic E-state index is 0. The highest BCUT2D eigenvalue weighted by molar-refractivity contribution is 7.14. The SMILES string of the molecule is C.CCOC(=O)c1ccc(C(O)(c2ccccc2)c2ccccc2)s1.CCOC(=O)c1ccc(C(c2ccccc2)c2ccccc2)s1.CCOC(=O)c1cccs1.O=C(O)c1ccc(C(c2ccccc2)c2ccccc2)s1.O=C(c1ccccc1)c1ccccc1. The van der Waals surface area contributed by atoms with E-state index in [0.29, 0.717) is 44.2 Å². The van der Waals surface area contributed by atoms with Crippen molar-refractivity contribution in [1.29, 1.82) is 0 Å². The smallest absolute Gasteiger partial charge is 0.348 e. The molecule has 0 aliphatic carbocycles. The number of esters is 3. The predicted molar refractivity (Wildman–Crippen MR) is 378 cm³/mol. The van der Waals surface area contributed by atoms with Crippen LogP contribution in [0.4, 0.5) is 0 Å². The predicted octanol–water partition coefficient (Wildman–Crippen LogP) is 19.4. The monoisotopic (exact) mass is 1310 g/mol. The lowest BCUT2D eigenvalue weighted by molar-refractivity contribution is 0.0522. The molecule has 8 aromatic carbocycles. The Bertz CT molecular complexity index is 3980. The zero-order chi connectivity index (χ0) is 64.9. The zero-order valence-electron chi connectivity index (χ0n) is 50.9. The number of thiophene rings is 4. The number of benzene rings is 8. The molecule has 0 radical (unpaired) electrons. The number of carbonyl (C=O) groups excluding carboxylic acids is 4. The molecule has 0 saturated heterocycles. The lowest BCUT2D eigenvalue weighted by atomic mass is 9.85. The van der Waals surface area contributed by atoms with Crippen LogP contribution in [-0.2, 0) is 19.8 Å². The lowest BCUT2D eigenvalue weighted by Gasteiger charge is -2.28. The Kier molecular flexibility index (Phi) is 27.9. The van der Waals surface area contributed by atoms with E-state index < -0.39 is 11.6 Å². The van der Waals surface area contributed by atoms with E-state index in [0.717, 1.165) is 32.0 Å². The van der Waals surface area contributed by atoms with E-state index in [-0.39, 0.29) is 43.0 Å². The summed E-state index contributed by atoms with van der Waals surface area (Å²) in [4.78, 5) is 62.8. The van der Waals surface area contributed by atoms with Crippen LogP contribution in [0.2, 0.25) is 0 Å². The average molecular weight is 1310 g/mol. The van der Waals surface area contributed by atoms with E-state index in [9.17, 15) is 29.1 Å². The minimum Gasteiger partial charge on any atom is -0.477 e. The number of aromatic carboxylic acids is 1. The van der Waals surface area contributed by atoms with Gasteiger partial charge in [0, 0.05) is 37.6 Å². The molecule has 0 unspecified atom stereocenters. The second kappa shape index (κ2) is 36.8. The highest BCUT2D eigenvalue weighted by atomic mass is 32.1. The molecular formula is C79H72O10S4. The zero-order valence-corrected chi connectivity index (χ0v) is 54.1. The first-order valence-electron chi connectivity index (χ1n) is 29.7. The maximum absolute atomic E-state index is 12.0. The van der Waals surface area contributed by atoms with Gasteiger partial charge in [-0.3, -0.25) is 4.79 Å². The van der Waals surface area contributed by atoms with Crippen molar-refractivity contribution in [2.24, 2.45) is 0 Å². The van der Waals surface area contributed by atoms with Crippen LogP contribution in [0, 0.1) is 0 Å². The second-order valence-corrected chi connectivity index (χ2v) is 24.3. The Morgan fingerprint density at radius 3 is 1.01 bits per heavy atom. The fourth-order valence-corrected chi connectivity index (χ4v) is 13.4. The van der Waals surface area contributed by atoms with Crippen molar-refractivity contribution < 1.29 is 48.4 Å². The number of carboxylic acids is 1. The molecule has 4 heterocycles. The van der Waals surface area contributed by atoms with Crippen LogP contribution in [0.1, 0.15) is 143 Å². The third kappa shape index (κ3) is 19.8. The molecule has 0 atom stereocenters. The van der Waals surface area contributed by atoms with Gasteiger partial charge in [0.2, 0.25) is 0 Å². The first kappa shape index (κ1) is 70.5. The van der Waals surface area contributed by atoms with Crippen molar-refractivity contribution in [3.05, 3.63) is 375 Å². The topological polar surface area (TPSA) is 154 Å². The molecule has 93 heavy (non-hydrogen) atoms. The summed E-state index contributed by atoms with van der Waals surface area (Å²) in [6.07, 6.45) is 0. The van der Waals surface area contributed by atoms with Gasteiger partial charge in [-0.2, -0.15) is 0 Å². The van der Waals surface area contributed by atoms with Gasteiger partial charge in [0.25, 0.3) is 0 Å². The Hall–Kier alpha value is -9.93. The Morgan fingerprint density at radius 2 is 0.677 bits per heavy atom. The molecule has 0 saturated carbocycles. The van der Waals surface area contributed by atoms with E-state index in [1.54, 1.807) is 38.1 Å². The fourth-order valence-electron chi connectivity index (χ4n) is 9.66. The van der Waals surface area contributed by atoms with E-state index in [2.05, 4.69) is 48.5 Å². The summed E-state index contributed by atoms with van der Waals surface area (Å²) in [6, 6.07) is 93.2. The van der Waals surface area contributed by atoms with Gasteiger partial charge in [0.05, 0.1) is 19.8 Å². The Labute approximate surface area is 560 Å². The fraction of sp³-hybridized carbons (Fsp3) is 0.127. The molecule has 0 bridgehead atoms. The third-order valence-corrected chi connectivity index (χ3v) is 18.2. The molecule has 0 spiro atoms. The van der Waals surface area contributed by atoms with Crippen molar-refractivity contribution in [3.63, 3.8) is 0 Å². The molecule has 0 amide bonds. The van der Waals surface area contributed by atoms with Gasteiger partial charge in [0.15, 0.2) is 5.78 Å². The van der Waals surface area contributed by atoms with Crippen molar-refractivity contribution in [1.82, 2.24) is 0 Å². The molecule has 12 aromatic rings. The van der Waals surface area contributed by atoms with Crippen LogP contribution in [0.5, 0.6) is 0 Å². The highest BCUT2D eigenvalue weighted by Crippen LogP contribution is 2.41. The van der Waals surface area contributed by atoms with Crippen LogP contribution in [-0.4, -0.2) is 59.7 Å². The van der Waals surface area contributed by atoms with Crippen molar-refractivity contribution >= 4 is 75.0 Å². The maximum atomic E-state index is 12.0. The summed E-state index contributed by atoms with van der Waals surface area (Å²) in [6.45, 7) is 6.56. The number of hydrogen-bond donors (Lipinski definition) is 2. The van der Waals surface area contributed by atoms with Gasteiger partial charge < -0.3 is 24.4 Å². The first-order valence-corrected chi connectivity index (χ1v) is 33.0. The molecule has 472 valence electrons. The van der Waals surface area contributed by atoms with E-state index in [1.165, 1.54) is 67.6 Å². The first-order chi connectivity index (χ1) is 44.9. The van der Waals surface area contributed by atoms with Crippen LogP contribution < -0.4 is 0 Å². The molecule has 2 N–H and O–H groups in total. The van der Waals surface area contributed by atoms with Gasteiger partial charge in [-0.15, -0.1) is 45.3 Å². The van der Waals surface area contributed by atoms with Crippen molar-refractivity contribution in [2.45, 2.75) is 45.6 Å². The van der Waals surface area contributed by atoms with Gasteiger partial charge in [0.1, 0.15) is 25.1 Å². The van der Waals surface area contributed by atoms with Crippen LogP contribution in [0.25, 0.3) is 0 Å². The minimum atomic E-state index is -1.31. The van der Waals surface area contributed by atoms with Crippen molar-refractivity contribution in [2.75, 3.05) is 19.8 Å². The molecule has 0 aliphatic heterocycles. The normalized spacial score (nSPS) is 10.4. The molecule has 0 fully saturated rings. The quantitative estimate of drug-likeness (QED) is 0.0482. The summed E-state index contributed by atoms with van der Waals surface area (Å²) >= 11 is 5.49. The lowest BCUT2D eigenvalue weighted by Crippen LogP contribution is -2.27. The van der Waals surface area contributed by atoms with E-state index >= 15 is 0 Å². The van der Waals surface area contributed by atoms with Crippen LogP contribution in [0.3, 0.4) is 0 Å². The van der Waals surface area contributed by atoms with Gasteiger partial charge >= 0.3 is 23.9 Å². The summed E-state index contributed by atoms with van der Waals surface area (Å²) < 4.78 is 14.9. The number of hydrogen-bond acceptors (Lipinski definition) is 13. The number of rotatable bonds is 18. The average Bonchev–Trinajstić information content (AvgIpc) is 1.77. The van der Waals surface area contributed by atoms with E-state index in [4.69, 9.17) is 19.3 Å². The summed E-state index contributed by atoms with van der Waals surface area (Å²) in [5, 5.41) is 22.6. The van der Waals surface area contributed by atoms with Crippen molar-refractivity contribution in [3.8, 4) is 0 Å². The van der Waals surface area contributed by atoms with E-state index in [1.807, 2.05) is 231 Å². The largest absolute Gasteiger partial charge is 0.477 e. The van der Waals surface area contributed by atoms with Crippen LogP contribution in [0.15, 0.2) is 297 Å². The number of ether oxygens (including phenoxy) is 3. The third-order valence-electron chi connectivity index (χ3n) is 13.9. The molecule has 4 aromatic heterocycles. The van der Waals surface area contributed by atoms with Gasteiger partial charge in [-0.05, 0) is 102 Å². The van der Waals surface area contributed by atoms with Crippen LogP contribution >= 0.6 is 45.3 Å². The number of ketones is 1. The number of aliphatic hydroxyl groups is 1. The molecule has 0 aliphatic rings.